The van der Waals surface area contributed by atoms with Gasteiger partial charge in [0.1, 0.15) is 12.4 Å². The number of nitro groups is 1. The highest BCUT2D eigenvalue weighted by Crippen LogP contribution is 2.28. The average molecular weight is 643 g/mol. The molecule has 0 aliphatic carbocycles. The van der Waals surface area contributed by atoms with E-state index in [4.69, 9.17) is 4.74 Å². The number of halogens is 1. The molecule has 1 heterocycles. The summed E-state index contributed by atoms with van der Waals surface area (Å²) in [7, 11) is 0. The summed E-state index contributed by atoms with van der Waals surface area (Å²) in [5.74, 6) is 0.271. The maximum atomic E-state index is 12.6. The van der Waals surface area contributed by atoms with Gasteiger partial charge in [-0.05, 0) is 88.6 Å². The van der Waals surface area contributed by atoms with E-state index < -0.39 is 4.92 Å². The van der Waals surface area contributed by atoms with Crippen LogP contribution in [-0.2, 0) is 6.61 Å². The number of benzene rings is 4. The zero-order valence-corrected chi connectivity index (χ0v) is 24.7. The molecule has 0 saturated heterocycles. The summed E-state index contributed by atoms with van der Waals surface area (Å²) in [6, 6.07) is 26.9. The summed E-state index contributed by atoms with van der Waals surface area (Å²) in [6.45, 7) is 2.30. The molecule has 0 bridgehead atoms. The molecule has 1 aromatic heterocycles. The van der Waals surface area contributed by atoms with Gasteiger partial charge in [-0.1, -0.05) is 29.8 Å². The topological polar surface area (TPSA) is 119 Å². The zero-order valence-electron chi connectivity index (χ0n) is 22.3. The number of nitrogens with one attached hydrogen (secondary N) is 2. The van der Waals surface area contributed by atoms with Gasteiger partial charge in [-0.3, -0.25) is 14.9 Å². The quantitative estimate of drug-likeness (QED) is 0.0909. The number of hydrazone groups is 1. The monoisotopic (exact) mass is 641 g/mol. The molecular weight excluding hydrogens is 618 g/mol. The van der Waals surface area contributed by atoms with Crippen molar-refractivity contribution >= 4 is 55.9 Å². The highest BCUT2D eigenvalue weighted by molar-refractivity contribution is 9.10. The van der Waals surface area contributed by atoms with Crippen LogP contribution in [-0.4, -0.2) is 22.0 Å². The van der Waals surface area contributed by atoms with E-state index in [2.05, 4.69) is 36.8 Å². The fraction of sp³-hybridized carbons (Fsp3) is 0.0645. The van der Waals surface area contributed by atoms with Crippen LogP contribution in [0.25, 0.3) is 11.3 Å². The van der Waals surface area contributed by atoms with Crippen LogP contribution in [0.2, 0.25) is 0 Å². The minimum Gasteiger partial charge on any atom is -0.488 e. The summed E-state index contributed by atoms with van der Waals surface area (Å²) >= 11 is 5.00. The number of ether oxygens (including phenoxy) is 1. The number of nitro benzene ring substituents is 1. The molecule has 0 saturated carbocycles. The molecule has 4 aromatic carbocycles. The van der Waals surface area contributed by atoms with Crippen LogP contribution < -0.4 is 15.5 Å². The molecule has 5 rings (SSSR count). The first-order chi connectivity index (χ1) is 20.3. The second-order valence-corrected chi connectivity index (χ2v) is 10.9. The van der Waals surface area contributed by atoms with Crippen molar-refractivity contribution in [2.24, 2.45) is 5.10 Å². The van der Waals surface area contributed by atoms with Gasteiger partial charge in [-0.15, -0.1) is 11.3 Å². The Morgan fingerprint density at radius 3 is 2.48 bits per heavy atom. The van der Waals surface area contributed by atoms with Gasteiger partial charge in [0.25, 0.3) is 11.6 Å². The summed E-state index contributed by atoms with van der Waals surface area (Å²) in [6.07, 6.45) is 1.54. The van der Waals surface area contributed by atoms with Gasteiger partial charge in [0.05, 0.1) is 21.3 Å². The minimum absolute atomic E-state index is 0.0318. The lowest BCUT2D eigenvalue weighted by molar-refractivity contribution is -0.384. The third-order valence-corrected chi connectivity index (χ3v) is 7.50. The molecule has 2 N–H and O–H groups in total. The SMILES string of the molecule is Cc1ccc(Nc2nc(-c3ccc(C(=O)N/N=C\c4ccc(OCc5ccc([N+](=O)[O-])cc5)c(Br)c4)cc3)cs2)cc1. The lowest BCUT2D eigenvalue weighted by Crippen LogP contribution is -2.17. The van der Waals surface area contributed by atoms with Crippen molar-refractivity contribution in [1.82, 2.24) is 10.4 Å². The first kappa shape index (κ1) is 28.7. The van der Waals surface area contributed by atoms with E-state index >= 15 is 0 Å². The fourth-order valence-electron chi connectivity index (χ4n) is 3.84. The molecular formula is C31H24BrN5O4S. The number of thiazole rings is 1. The number of non-ortho nitro benzene ring substituents is 1. The fourth-order valence-corrected chi connectivity index (χ4v) is 5.09. The number of carbonyl (C=O) groups is 1. The Balaban J connectivity index is 1.13. The second kappa shape index (κ2) is 13.2. The molecule has 210 valence electrons. The second-order valence-electron chi connectivity index (χ2n) is 9.21. The van der Waals surface area contributed by atoms with E-state index in [0.29, 0.717) is 15.8 Å². The maximum Gasteiger partial charge on any atom is 0.271 e. The van der Waals surface area contributed by atoms with Crippen molar-refractivity contribution in [2.75, 3.05) is 5.32 Å². The Morgan fingerprint density at radius 1 is 1.05 bits per heavy atom. The van der Waals surface area contributed by atoms with Crippen molar-refractivity contribution < 1.29 is 14.5 Å². The standard InChI is InChI=1S/C31H24BrN5O4S/c1-20-2-11-25(12-3-20)34-31-35-28(19-42-31)23-7-9-24(10-8-23)30(38)36-33-17-22-6-15-29(27(32)16-22)41-18-21-4-13-26(14-5-21)37(39)40/h2-17,19H,18H2,1H3,(H,34,35)(H,36,38)/b33-17-. The van der Waals surface area contributed by atoms with Gasteiger partial charge >= 0.3 is 0 Å². The van der Waals surface area contributed by atoms with E-state index in [9.17, 15) is 14.9 Å². The Labute approximate surface area is 254 Å². The lowest BCUT2D eigenvalue weighted by atomic mass is 10.1. The third kappa shape index (κ3) is 7.45. The predicted octanol–water partition coefficient (Wildman–Crippen LogP) is 7.88. The molecule has 0 fully saturated rings. The third-order valence-electron chi connectivity index (χ3n) is 6.13. The highest BCUT2D eigenvalue weighted by atomic mass is 79.9. The van der Waals surface area contributed by atoms with Crippen LogP contribution in [0.15, 0.2) is 106 Å². The molecule has 5 aromatic rings. The van der Waals surface area contributed by atoms with Gasteiger partial charge in [0.15, 0.2) is 5.13 Å². The normalized spacial score (nSPS) is 10.9. The Bertz CT molecular complexity index is 1740. The Hall–Kier alpha value is -4.87. The number of hydrogen-bond acceptors (Lipinski definition) is 8. The largest absolute Gasteiger partial charge is 0.488 e. The van der Waals surface area contributed by atoms with E-state index in [0.717, 1.165) is 33.2 Å². The van der Waals surface area contributed by atoms with Crippen LogP contribution in [0.5, 0.6) is 5.75 Å². The van der Waals surface area contributed by atoms with Gasteiger partial charge in [-0.2, -0.15) is 5.10 Å². The maximum absolute atomic E-state index is 12.6. The number of hydrogen-bond donors (Lipinski definition) is 2. The highest BCUT2D eigenvalue weighted by Gasteiger charge is 2.09. The molecule has 0 aliphatic rings. The van der Waals surface area contributed by atoms with Gasteiger partial charge in [0.2, 0.25) is 0 Å². The number of carbonyl (C=O) groups excluding carboxylic acids is 1. The van der Waals surface area contributed by atoms with Crippen molar-refractivity contribution in [3.8, 4) is 17.0 Å². The van der Waals surface area contributed by atoms with Crippen LogP contribution in [0.4, 0.5) is 16.5 Å². The van der Waals surface area contributed by atoms with E-state index in [1.54, 1.807) is 36.4 Å². The van der Waals surface area contributed by atoms with Gasteiger partial charge in [0, 0.05) is 34.3 Å². The summed E-state index contributed by atoms with van der Waals surface area (Å²) < 4.78 is 6.52. The van der Waals surface area contributed by atoms with Crippen molar-refractivity contribution in [3.63, 3.8) is 0 Å². The predicted molar refractivity (Wildman–Crippen MR) is 169 cm³/mol. The molecule has 11 heteroatoms. The van der Waals surface area contributed by atoms with E-state index in [1.165, 1.54) is 35.2 Å². The number of amides is 1. The van der Waals surface area contributed by atoms with Crippen molar-refractivity contribution in [1.29, 1.82) is 0 Å². The lowest BCUT2D eigenvalue weighted by Gasteiger charge is -2.09. The molecule has 9 nitrogen and oxygen atoms in total. The molecule has 0 unspecified atom stereocenters. The van der Waals surface area contributed by atoms with Crippen LogP contribution in [0, 0.1) is 17.0 Å². The zero-order chi connectivity index (χ0) is 29.5. The van der Waals surface area contributed by atoms with Crippen LogP contribution >= 0.6 is 27.3 Å². The Kier molecular flexibility index (Phi) is 9.00. The number of nitrogens with zero attached hydrogens (tertiary/aromatic N) is 3. The summed E-state index contributed by atoms with van der Waals surface area (Å²) in [4.78, 5) is 27.6. The van der Waals surface area contributed by atoms with E-state index in [1.807, 2.05) is 54.8 Å². The van der Waals surface area contributed by atoms with Gasteiger partial charge < -0.3 is 10.1 Å². The van der Waals surface area contributed by atoms with Gasteiger partial charge in [-0.25, -0.2) is 10.4 Å². The van der Waals surface area contributed by atoms with Crippen molar-refractivity contribution in [2.45, 2.75) is 13.5 Å². The minimum atomic E-state index is -0.440. The summed E-state index contributed by atoms with van der Waals surface area (Å²) in [5, 5.41) is 20.9. The Morgan fingerprint density at radius 2 is 1.79 bits per heavy atom. The van der Waals surface area contributed by atoms with Crippen LogP contribution in [0.1, 0.15) is 27.0 Å². The van der Waals surface area contributed by atoms with Crippen molar-refractivity contribution in [3.05, 3.63) is 133 Å². The first-order valence-corrected chi connectivity index (χ1v) is 14.4. The molecule has 42 heavy (non-hydrogen) atoms. The average Bonchev–Trinajstić information content (AvgIpc) is 3.46. The van der Waals surface area contributed by atoms with E-state index in [-0.39, 0.29) is 18.2 Å². The molecule has 0 radical (unpaired) electrons. The molecule has 0 spiro atoms. The van der Waals surface area contributed by atoms with Crippen LogP contribution in [0.3, 0.4) is 0 Å². The number of anilines is 2. The smallest absolute Gasteiger partial charge is 0.271 e. The molecule has 1 amide bonds. The molecule has 0 aliphatic heterocycles. The molecule has 0 atom stereocenters. The first-order valence-electron chi connectivity index (χ1n) is 12.7. The summed E-state index contributed by atoms with van der Waals surface area (Å²) in [5.41, 5.74) is 8.51. The number of aromatic nitrogens is 1. The number of rotatable bonds is 10. The number of aryl methyl sites for hydroxylation is 1.